The molecule has 114 valence electrons. The van der Waals surface area contributed by atoms with Crippen LogP contribution in [0.5, 0.6) is 0 Å². The molecule has 1 unspecified atom stereocenters. The Morgan fingerprint density at radius 1 is 1.38 bits per heavy atom. The Balaban J connectivity index is 2.00. The summed E-state index contributed by atoms with van der Waals surface area (Å²) in [5, 5.41) is 6.73. The molecule has 2 aromatic rings. The molecule has 4 heteroatoms. The quantitative estimate of drug-likeness (QED) is 0.833. The highest BCUT2D eigenvalue weighted by molar-refractivity contribution is 7.13. The van der Waals surface area contributed by atoms with Gasteiger partial charge in [-0.3, -0.25) is 0 Å². The van der Waals surface area contributed by atoms with Crippen molar-refractivity contribution < 1.29 is 0 Å². The number of thiazole rings is 1. The molecular weight excluding hydrogens is 278 g/mol. The Bertz CT molecular complexity index is 565. The van der Waals surface area contributed by atoms with Crippen LogP contribution in [-0.4, -0.2) is 18.6 Å². The summed E-state index contributed by atoms with van der Waals surface area (Å²) < 4.78 is 0. The van der Waals surface area contributed by atoms with E-state index in [-0.39, 0.29) is 0 Å². The van der Waals surface area contributed by atoms with Gasteiger partial charge in [0.15, 0.2) is 5.13 Å². The van der Waals surface area contributed by atoms with Crippen LogP contribution in [0.15, 0.2) is 29.6 Å². The van der Waals surface area contributed by atoms with Crippen LogP contribution in [-0.2, 0) is 6.54 Å². The molecule has 0 bridgehead atoms. The van der Waals surface area contributed by atoms with E-state index in [1.165, 1.54) is 11.1 Å². The van der Waals surface area contributed by atoms with E-state index in [1.54, 1.807) is 11.3 Å². The number of nitrogens with zero attached hydrogens (tertiary/aromatic N) is 2. The van der Waals surface area contributed by atoms with Crippen LogP contribution in [0.25, 0.3) is 0 Å². The Kier molecular flexibility index (Phi) is 5.76. The fourth-order valence-corrected chi connectivity index (χ4v) is 3.15. The van der Waals surface area contributed by atoms with Gasteiger partial charge in [-0.05, 0) is 32.4 Å². The first-order valence-electron chi connectivity index (χ1n) is 7.55. The second kappa shape index (κ2) is 7.57. The molecule has 0 spiro atoms. The summed E-state index contributed by atoms with van der Waals surface area (Å²) in [4.78, 5) is 6.98. The third kappa shape index (κ3) is 4.55. The number of hydrogen-bond donors (Lipinski definition) is 1. The second-order valence-corrected chi connectivity index (χ2v) is 6.41. The average Bonchev–Trinajstić information content (AvgIpc) is 2.94. The number of anilines is 1. The van der Waals surface area contributed by atoms with E-state index in [0.29, 0.717) is 6.04 Å². The lowest BCUT2D eigenvalue weighted by Crippen LogP contribution is -2.20. The molecule has 21 heavy (non-hydrogen) atoms. The van der Waals surface area contributed by atoms with Crippen molar-refractivity contribution in [1.82, 2.24) is 10.3 Å². The molecule has 1 aromatic carbocycles. The van der Waals surface area contributed by atoms with Crippen LogP contribution >= 0.6 is 11.3 Å². The van der Waals surface area contributed by atoms with Gasteiger partial charge in [0, 0.05) is 25.0 Å². The lowest BCUT2D eigenvalue weighted by Gasteiger charge is -2.16. The van der Waals surface area contributed by atoms with Gasteiger partial charge in [0.25, 0.3) is 0 Å². The molecule has 1 heterocycles. The maximum Gasteiger partial charge on any atom is 0.185 e. The van der Waals surface area contributed by atoms with E-state index < -0.39 is 0 Å². The predicted octanol–water partition coefficient (Wildman–Crippen LogP) is 4.15. The monoisotopic (exact) mass is 303 g/mol. The molecule has 1 aromatic heterocycles. The second-order valence-electron chi connectivity index (χ2n) is 5.58. The fraction of sp³-hybridized carbons (Fsp3) is 0.471. The normalized spacial score (nSPS) is 12.4. The van der Waals surface area contributed by atoms with Gasteiger partial charge < -0.3 is 10.2 Å². The standard InChI is InChI=1S/C17H25N3S/c1-5-9-18-14(3)16-12-21-17(19-16)20(4)11-15-8-6-7-13(2)10-15/h6-8,10,12,14,18H,5,9,11H2,1-4H3. The van der Waals surface area contributed by atoms with E-state index in [2.05, 4.69) is 67.7 Å². The number of nitrogens with one attached hydrogen (secondary N) is 1. The minimum Gasteiger partial charge on any atom is -0.347 e. The van der Waals surface area contributed by atoms with Crippen molar-refractivity contribution in [1.29, 1.82) is 0 Å². The summed E-state index contributed by atoms with van der Waals surface area (Å²) in [5.41, 5.74) is 3.77. The van der Waals surface area contributed by atoms with E-state index >= 15 is 0 Å². The number of rotatable bonds is 7. The van der Waals surface area contributed by atoms with Crippen molar-refractivity contribution in [2.24, 2.45) is 0 Å². The molecule has 0 radical (unpaired) electrons. The lowest BCUT2D eigenvalue weighted by atomic mass is 10.1. The summed E-state index contributed by atoms with van der Waals surface area (Å²) in [6.45, 7) is 8.42. The summed E-state index contributed by atoms with van der Waals surface area (Å²) in [5.74, 6) is 0. The molecule has 0 saturated carbocycles. The molecule has 0 saturated heterocycles. The van der Waals surface area contributed by atoms with Crippen molar-refractivity contribution in [2.45, 2.75) is 39.8 Å². The zero-order valence-corrected chi connectivity index (χ0v) is 14.2. The van der Waals surface area contributed by atoms with Crippen LogP contribution in [0.1, 0.15) is 43.1 Å². The van der Waals surface area contributed by atoms with Crippen molar-refractivity contribution in [2.75, 3.05) is 18.5 Å². The minimum absolute atomic E-state index is 0.322. The Labute approximate surface area is 132 Å². The van der Waals surface area contributed by atoms with E-state index in [1.807, 2.05) is 0 Å². The largest absolute Gasteiger partial charge is 0.347 e. The minimum atomic E-state index is 0.322. The molecule has 0 aliphatic rings. The van der Waals surface area contributed by atoms with Crippen molar-refractivity contribution in [3.8, 4) is 0 Å². The Hall–Kier alpha value is -1.39. The van der Waals surface area contributed by atoms with Crippen LogP contribution in [0, 0.1) is 6.92 Å². The zero-order chi connectivity index (χ0) is 15.2. The van der Waals surface area contributed by atoms with Crippen LogP contribution in [0.2, 0.25) is 0 Å². The van der Waals surface area contributed by atoms with Gasteiger partial charge in [0.1, 0.15) is 0 Å². The molecule has 1 N–H and O–H groups in total. The van der Waals surface area contributed by atoms with E-state index in [4.69, 9.17) is 4.98 Å². The van der Waals surface area contributed by atoms with Crippen LogP contribution in [0.4, 0.5) is 5.13 Å². The fourth-order valence-electron chi connectivity index (χ4n) is 2.27. The van der Waals surface area contributed by atoms with Crippen molar-refractivity contribution >= 4 is 16.5 Å². The van der Waals surface area contributed by atoms with Gasteiger partial charge in [0.05, 0.1) is 5.69 Å². The third-order valence-corrected chi connectivity index (χ3v) is 4.46. The van der Waals surface area contributed by atoms with Crippen molar-refractivity contribution in [3.05, 3.63) is 46.5 Å². The first kappa shape index (κ1) is 16.0. The first-order chi connectivity index (χ1) is 10.1. The SMILES string of the molecule is CCCNC(C)c1csc(N(C)Cc2cccc(C)c2)n1. The summed E-state index contributed by atoms with van der Waals surface area (Å²) >= 11 is 1.72. The molecule has 0 amide bonds. The molecular formula is C17H25N3S. The lowest BCUT2D eigenvalue weighted by molar-refractivity contribution is 0.561. The molecule has 1 atom stereocenters. The average molecular weight is 303 g/mol. The maximum absolute atomic E-state index is 4.76. The highest BCUT2D eigenvalue weighted by Gasteiger charge is 2.12. The predicted molar refractivity (Wildman–Crippen MR) is 92.1 cm³/mol. The first-order valence-corrected chi connectivity index (χ1v) is 8.43. The van der Waals surface area contributed by atoms with E-state index in [9.17, 15) is 0 Å². The third-order valence-electron chi connectivity index (χ3n) is 3.48. The summed E-state index contributed by atoms with van der Waals surface area (Å²) in [6.07, 6.45) is 1.15. The Morgan fingerprint density at radius 2 is 2.19 bits per heavy atom. The molecule has 2 rings (SSSR count). The molecule has 0 aliphatic heterocycles. The highest BCUT2D eigenvalue weighted by atomic mass is 32.1. The van der Waals surface area contributed by atoms with E-state index in [0.717, 1.165) is 30.3 Å². The smallest absolute Gasteiger partial charge is 0.185 e. The van der Waals surface area contributed by atoms with Gasteiger partial charge in [-0.1, -0.05) is 36.8 Å². The zero-order valence-electron chi connectivity index (χ0n) is 13.4. The van der Waals surface area contributed by atoms with Crippen LogP contribution in [0.3, 0.4) is 0 Å². The molecule has 0 aliphatic carbocycles. The summed E-state index contributed by atoms with van der Waals surface area (Å²) in [7, 11) is 2.11. The number of aryl methyl sites for hydroxylation is 1. The highest BCUT2D eigenvalue weighted by Crippen LogP contribution is 2.24. The number of hydrogen-bond acceptors (Lipinski definition) is 4. The van der Waals surface area contributed by atoms with Gasteiger partial charge >= 0.3 is 0 Å². The molecule has 0 fully saturated rings. The van der Waals surface area contributed by atoms with Crippen LogP contribution < -0.4 is 10.2 Å². The summed E-state index contributed by atoms with van der Waals surface area (Å²) in [6, 6.07) is 8.97. The van der Waals surface area contributed by atoms with Crippen molar-refractivity contribution in [3.63, 3.8) is 0 Å². The Morgan fingerprint density at radius 3 is 2.90 bits per heavy atom. The molecule has 3 nitrogen and oxygen atoms in total. The van der Waals surface area contributed by atoms with Gasteiger partial charge in [0.2, 0.25) is 0 Å². The number of benzene rings is 1. The topological polar surface area (TPSA) is 28.2 Å². The van der Waals surface area contributed by atoms with Gasteiger partial charge in [-0.15, -0.1) is 11.3 Å². The number of aromatic nitrogens is 1. The maximum atomic E-state index is 4.76. The van der Waals surface area contributed by atoms with Gasteiger partial charge in [-0.25, -0.2) is 4.98 Å². The van der Waals surface area contributed by atoms with Gasteiger partial charge in [-0.2, -0.15) is 0 Å².